The van der Waals surface area contributed by atoms with E-state index in [2.05, 4.69) is 27.8 Å². The van der Waals surface area contributed by atoms with Crippen molar-refractivity contribution in [2.24, 2.45) is 0 Å². The maximum absolute atomic E-state index is 11.9. The lowest BCUT2D eigenvalue weighted by atomic mass is 10.1. The van der Waals surface area contributed by atoms with Crippen molar-refractivity contribution in [3.8, 4) is 5.75 Å². The Morgan fingerprint density at radius 3 is 2.88 bits per heavy atom. The van der Waals surface area contributed by atoms with Crippen molar-refractivity contribution in [2.45, 2.75) is 6.92 Å². The molecule has 4 nitrogen and oxygen atoms in total. The highest BCUT2D eigenvalue weighted by Gasteiger charge is 2.14. The number of halogens is 1. The maximum Gasteiger partial charge on any atom is 0.255 e. The van der Waals surface area contributed by atoms with Gasteiger partial charge in [0.15, 0.2) is 5.75 Å². The van der Waals surface area contributed by atoms with E-state index in [1.165, 1.54) is 0 Å². The van der Waals surface area contributed by atoms with Crippen LogP contribution in [0, 0.1) is 0 Å². The van der Waals surface area contributed by atoms with Gasteiger partial charge in [0.05, 0.1) is 17.9 Å². The zero-order valence-electron chi connectivity index (χ0n) is 9.63. The Labute approximate surface area is 109 Å². The Bertz CT molecular complexity index is 433. The predicted octanol–water partition coefficient (Wildman–Crippen LogP) is 2.31. The topological polar surface area (TPSA) is 64.4 Å². The molecule has 3 N–H and O–H groups in total. The summed E-state index contributed by atoms with van der Waals surface area (Å²) in [5, 5.41) is 2.70. The number of carbonyl (C=O) groups excluding carboxylic acids is 1. The molecule has 0 heterocycles. The monoisotopic (exact) mass is 298 g/mol. The normalized spacial score (nSPS) is 9.76. The van der Waals surface area contributed by atoms with Crippen LogP contribution in [0.3, 0.4) is 0 Å². The average Bonchev–Trinajstić information content (AvgIpc) is 2.29. The molecule has 5 heteroatoms. The Hall–Kier alpha value is -1.49. The molecule has 0 bridgehead atoms. The lowest BCUT2D eigenvalue weighted by molar-refractivity contribution is 0.0954. The van der Waals surface area contributed by atoms with Crippen LogP contribution in [0.1, 0.15) is 17.3 Å². The molecule has 1 amide bonds. The highest BCUT2D eigenvalue weighted by molar-refractivity contribution is 9.11. The molecule has 0 aromatic heterocycles. The molecular weight excluding hydrogens is 284 g/mol. The largest absolute Gasteiger partial charge is 0.491 e. The van der Waals surface area contributed by atoms with E-state index in [1.807, 2.05) is 6.92 Å². The van der Waals surface area contributed by atoms with Crippen LogP contribution in [0.5, 0.6) is 5.75 Å². The third-order valence-corrected chi connectivity index (χ3v) is 2.30. The predicted molar refractivity (Wildman–Crippen MR) is 72.4 cm³/mol. The molecule has 0 atom stereocenters. The van der Waals surface area contributed by atoms with Gasteiger partial charge in [-0.25, -0.2) is 0 Å². The van der Waals surface area contributed by atoms with Crippen molar-refractivity contribution in [1.82, 2.24) is 5.32 Å². The van der Waals surface area contributed by atoms with E-state index in [9.17, 15) is 4.79 Å². The number of nitrogens with two attached hydrogens (primary N) is 1. The second-order valence-corrected chi connectivity index (χ2v) is 4.48. The number of hydrogen-bond donors (Lipinski definition) is 2. The summed E-state index contributed by atoms with van der Waals surface area (Å²) in [7, 11) is 0. The molecule has 0 radical (unpaired) electrons. The Kier molecular flexibility index (Phi) is 5.03. The Morgan fingerprint density at radius 2 is 2.29 bits per heavy atom. The van der Waals surface area contributed by atoms with Gasteiger partial charge >= 0.3 is 0 Å². The number of benzene rings is 1. The van der Waals surface area contributed by atoms with Gasteiger partial charge in [-0.2, -0.15) is 0 Å². The van der Waals surface area contributed by atoms with E-state index in [-0.39, 0.29) is 5.91 Å². The van der Waals surface area contributed by atoms with Crippen LogP contribution < -0.4 is 15.8 Å². The number of amides is 1. The van der Waals surface area contributed by atoms with Gasteiger partial charge in [0.2, 0.25) is 0 Å². The van der Waals surface area contributed by atoms with Crippen molar-refractivity contribution in [3.05, 3.63) is 34.8 Å². The van der Waals surface area contributed by atoms with Crippen molar-refractivity contribution >= 4 is 27.5 Å². The number of ether oxygens (including phenoxy) is 1. The van der Waals surface area contributed by atoms with Gasteiger partial charge in [-0.05, 0) is 19.1 Å². The van der Waals surface area contributed by atoms with Crippen LogP contribution in [-0.4, -0.2) is 19.1 Å². The van der Waals surface area contributed by atoms with Crippen LogP contribution in [-0.2, 0) is 0 Å². The summed E-state index contributed by atoms with van der Waals surface area (Å²) in [5.74, 6) is 0.189. The summed E-state index contributed by atoms with van der Waals surface area (Å²) < 4.78 is 6.08. The first-order valence-electron chi connectivity index (χ1n) is 5.19. The first-order chi connectivity index (χ1) is 8.06. The molecule has 92 valence electrons. The quantitative estimate of drug-likeness (QED) is 0.820. The van der Waals surface area contributed by atoms with Crippen molar-refractivity contribution in [2.75, 3.05) is 18.9 Å². The summed E-state index contributed by atoms with van der Waals surface area (Å²) in [4.78, 5) is 11.9. The molecule has 0 unspecified atom stereocenters. The molecule has 0 aliphatic rings. The second kappa shape index (κ2) is 6.30. The van der Waals surface area contributed by atoms with Crippen molar-refractivity contribution in [1.29, 1.82) is 0 Å². The van der Waals surface area contributed by atoms with E-state index >= 15 is 0 Å². The fraction of sp³-hybridized carbons (Fsp3) is 0.250. The third kappa shape index (κ3) is 3.78. The van der Waals surface area contributed by atoms with E-state index in [4.69, 9.17) is 10.5 Å². The number of nitrogen functional groups attached to an aromatic ring is 1. The molecule has 0 saturated carbocycles. The molecule has 17 heavy (non-hydrogen) atoms. The number of para-hydroxylation sites is 1. The molecule has 1 aromatic carbocycles. The average molecular weight is 299 g/mol. The van der Waals surface area contributed by atoms with Crippen LogP contribution in [0.15, 0.2) is 29.3 Å². The highest BCUT2D eigenvalue weighted by Crippen LogP contribution is 2.26. The van der Waals surface area contributed by atoms with Gasteiger partial charge in [-0.3, -0.25) is 4.79 Å². The fourth-order valence-corrected chi connectivity index (χ4v) is 1.45. The summed E-state index contributed by atoms with van der Waals surface area (Å²) in [6, 6.07) is 5.09. The standard InChI is InChI=1S/C12H15BrN2O2/c1-3-17-11-9(5-4-6-10(11)14)12(16)15-7-8(2)13/h4-6H,2-3,7,14H2,1H3,(H,15,16). The maximum atomic E-state index is 11.9. The molecular formula is C12H15BrN2O2. The SMILES string of the molecule is C=C(Br)CNC(=O)c1cccc(N)c1OCC. The van der Waals surface area contributed by atoms with Gasteiger partial charge in [-0.1, -0.05) is 28.6 Å². The van der Waals surface area contributed by atoms with Crippen molar-refractivity contribution in [3.63, 3.8) is 0 Å². The first-order valence-corrected chi connectivity index (χ1v) is 5.98. The number of anilines is 1. The van der Waals surface area contributed by atoms with E-state index < -0.39 is 0 Å². The van der Waals surface area contributed by atoms with E-state index in [1.54, 1.807) is 18.2 Å². The van der Waals surface area contributed by atoms with Crippen LogP contribution in [0.4, 0.5) is 5.69 Å². The van der Waals surface area contributed by atoms with Gasteiger partial charge in [0.1, 0.15) is 0 Å². The van der Waals surface area contributed by atoms with E-state index in [0.717, 1.165) is 0 Å². The lowest BCUT2D eigenvalue weighted by Gasteiger charge is -2.12. The Balaban J connectivity index is 2.92. The van der Waals surface area contributed by atoms with Gasteiger partial charge < -0.3 is 15.8 Å². The molecule has 1 aromatic rings. The number of nitrogens with one attached hydrogen (secondary N) is 1. The zero-order chi connectivity index (χ0) is 12.8. The second-order valence-electron chi connectivity index (χ2n) is 3.36. The van der Waals surface area contributed by atoms with Crippen LogP contribution in [0.2, 0.25) is 0 Å². The van der Waals surface area contributed by atoms with Crippen molar-refractivity contribution < 1.29 is 9.53 Å². The lowest BCUT2D eigenvalue weighted by Crippen LogP contribution is -2.25. The summed E-state index contributed by atoms with van der Waals surface area (Å²) in [6.07, 6.45) is 0. The number of carbonyl (C=O) groups is 1. The summed E-state index contributed by atoms with van der Waals surface area (Å²) >= 11 is 3.17. The molecule has 0 aliphatic carbocycles. The molecule has 1 rings (SSSR count). The minimum absolute atomic E-state index is 0.235. The first kappa shape index (κ1) is 13.6. The minimum atomic E-state index is -0.235. The number of rotatable bonds is 5. The smallest absolute Gasteiger partial charge is 0.255 e. The summed E-state index contributed by atoms with van der Waals surface area (Å²) in [6.45, 7) is 6.30. The fourth-order valence-electron chi connectivity index (χ4n) is 1.31. The summed E-state index contributed by atoms with van der Waals surface area (Å²) in [5.41, 5.74) is 6.66. The van der Waals surface area contributed by atoms with Crippen LogP contribution in [0.25, 0.3) is 0 Å². The molecule has 0 fully saturated rings. The minimum Gasteiger partial charge on any atom is -0.491 e. The number of hydrogen-bond acceptors (Lipinski definition) is 3. The van der Waals surface area contributed by atoms with Gasteiger partial charge in [0, 0.05) is 11.0 Å². The molecule has 0 saturated heterocycles. The van der Waals surface area contributed by atoms with E-state index in [0.29, 0.717) is 34.6 Å². The van der Waals surface area contributed by atoms with Gasteiger partial charge in [-0.15, -0.1) is 0 Å². The molecule has 0 spiro atoms. The highest BCUT2D eigenvalue weighted by atomic mass is 79.9. The Morgan fingerprint density at radius 1 is 1.59 bits per heavy atom. The van der Waals surface area contributed by atoms with Gasteiger partial charge in [0.25, 0.3) is 5.91 Å². The zero-order valence-corrected chi connectivity index (χ0v) is 11.2. The van der Waals surface area contributed by atoms with Crippen LogP contribution >= 0.6 is 15.9 Å². The molecule has 0 aliphatic heterocycles. The third-order valence-electron chi connectivity index (χ3n) is 2.02.